The molecule has 2 rings (SSSR count). The predicted molar refractivity (Wildman–Crippen MR) is 82.3 cm³/mol. The van der Waals surface area contributed by atoms with E-state index < -0.39 is 0 Å². The highest BCUT2D eigenvalue weighted by Crippen LogP contribution is 2.20. The quantitative estimate of drug-likeness (QED) is 0.908. The first-order chi connectivity index (χ1) is 9.45. The van der Waals surface area contributed by atoms with E-state index in [1.54, 1.807) is 12.1 Å². The lowest BCUT2D eigenvalue weighted by Gasteiger charge is -2.40. The van der Waals surface area contributed by atoms with Crippen LogP contribution >= 0.6 is 0 Å². The second-order valence-electron chi connectivity index (χ2n) is 6.59. The zero-order valence-electron chi connectivity index (χ0n) is 13.1. The molecule has 0 spiro atoms. The van der Waals surface area contributed by atoms with Crippen molar-refractivity contribution in [3.05, 3.63) is 35.1 Å². The first-order valence-electron chi connectivity index (χ1n) is 7.68. The first kappa shape index (κ1) is 15.5. The highest BCUT2D eigenvalue weighted by atomic mass is 19.1. The van der Waals surface area contributed by atoms with E-state index in [4.69, 9.17) is 0 Å². The van der Waals surface area contributed by atoms with Crippen molar-refractivity contribution in [1.82, 2.24) is 10.2 Å². The normalized spacial score (nSPS) is 24.3. The van der Waals surface area contributed by atoms with Crippen LogP contribution in [-0.4, -0.2) is 30.1 Å². The van der Waals surface area contributed by atoms with Gasteiger partial charge in [0.1, 0.15) is 5.82 Å². The van der Waals surface area contributed by atoms with Crippen LogP contribution in [0.3, 0.4) is 0 Å². The van der Waals surface area contributed by atoms with Crippen LogP contribution in [0.15, 0.2) is 18.2 Å². The second kappa shape index (κ2) is 6.68. The standard InChI is InChI=1S/C17H27FN2/c1-12(2)7-17-9-19-14(4)10-20(17)11-15-8-16(18)6-5-13(15)3/h5-6,8,12,14,17,19H,7,9-11H2,1-4H3. The lowest BCUT2D eigenvalue weighted by atomic mass is 9.98. The number of benzene rings is 1. The van der Waals surface area contributed by atoms with Crippen molar-refractivity contribution in [2.24, 2.45) is 5.92 Å². The van der Waals surface area contributed by atoms with Gasteiger partial charge in [0.05, 0.1) is 0 Å². The molecule has 20 heavy (non-hydrogen) atoms. The monoisotopic (exact) mass is 278 g/mol. The summed E-state index contributed by atoms with van der Waals surface area (Å²) in [6.07, 6.45) is 1.19. The molecule has 0 saturated carbocycles. The van der Waals surface area contributed by atoms with E-state index in [0.717, 1.165) is 25.2 Å². The molecular weight excluding hydrogens is 251 g/mol. The fourth-order valence-electron chi connectivity index (χ4n) is 3.03. The molecule has 1 fully saturated rings. The van der Waals surface area contributed by atoms with Gasteiger partial charge >= 0.3 is 0 Å². The van der Waals surface area contributed by atoms with Crippen molar-refractivity contribution in [1.29, 1.82) is 0 Å². The lowest BCUT2D eigenvalue weighted by molar-refractivity contribution is 0.111. The van der Waals surface area contributed by atoms with Crippen molar-refractivity contribution in [2.45, 2.75) is 52.7 Å². The number of nitrogens with zero attached hydrogens (tertiary/aromatic N) is 1. The van der Waals surface area contributed by atoms with E-state index in [2.05, 4.69) is 37.9 Å². The van der Waals surface area contributed by atoms with Crippen molar-refractivity contribution in [3.63, 3.8) is 0 Å². The molecule has 1 heterocycles. The summed E-state index contributed by atoms with van der Waals surface area (Å²) in [6, 6.07) is 6.17. The maximum Gasteiger partial charge on any atom is 0.123 e. The number of hydrogen-bond acceptors (Lipinski definition) is 2. The van der Waals surface area contributed by atoms with E-state index in [-0.39, 0.29) is 5.82 Å². The van der Waals surface area contributed by atoms with E-state index in [1.165, 1.54) is 12.0 Å². The molecule has 112 valence electrons. The molecule has 1 aromatic carbocycles. The second-order valence-corrected chi connectivity index (χ2v) is 6.59. The van der Waals surface area contributed by atoms with Gasteiger partial charge in [-0.1, -0.05) is 19.9 Å². The molecule has 0 radical (unpaired) electrons. The average Bonchev–Trinajstić information content (AvgIpc) is 2.37. The molecule has 2 unspecified atom stereocenters. The van der Waals surface area contributed by atoms with Gasteiger partial charge in [0, 0.05) is 31.7 Å². The Labute approximate surface area is 122 Å². The number of halogens is 1. The highest BCUT2D eigenvalue weighted by molar-refractivity contribution is 5.26. The smallest absolute Gasteiger partial charge is 0.123 e. The van der Waals surface area contributed by atoms with Crippen LogP contribution in [0, 0.1) is 18.7 Å². The molecule has 0 aliphatic carbocycles. The minimum absolute atomic E-state index is 0.130. The molecule has 0 amide bonds. The van der Waals surface area contributed by atoms with Crippen LogP contribution in [0.5, 0.6) is 0 Å². The molecular formula is C17H27FN2. The van der Waals surface area contributed by atoms with E-state index >= 15 is 0 Å². The molecule has 1 N–H and O–H groups in total. The molecule has 2 nitrogen and oxygen atoms in total. The SMILES string of the molecule is Cc1ccc(F)cc1CN1CC(C)NCC1CC(C)C. The van der Waals surface area contributed by atoms with Gasteiger partial charge in [0.25, 0.3) is 0 Å². The molecule has 0 bridgehead atoms. The van der Waals surface area contributed by atoms with Crippen molar-refractivity contribution < 1.29 is 4.39 Å². The summed E-state index contributed by atoms with van der Waals surface area (Å²) in [5.41, 5.74) is 2.30. The van der Waals surface area contributed by atoms with Crippen LogP contribution in [-0.2, 0) is 6.54 Å². The summed E-state index contributed by atoms with van der Waals surface area (Å²) in [6.45, 7) is 11.7. The Bertz CT molecular complexity index is 445. The number of nitrogens with one attached hydrogen (secondary N) is 1. The molecule has 2 atom stereocenters. The Balaban J connectivity index is 2.12. The topological polar surface area (TPSA) is 15.3 Å². The maximum absolute atomic E-state index is 13.5. The fraction of sp³-hybridized carbons (Fsp3) is 0.647. The summed E-state index contributed by atoms with van der Waals surface area (Å²) in [5.74, 6) is 0.556. The largest absolute Gasteiger partial charge is 0.311 e. The molecule has 1 aromatic rings. The van der Waals surface area contributed by atoms with Crippen LogP contribution in [0.25, 0.3) is 0 Å². The fourth-order valence-corrected chi connectivity index (χ4v) is 3.03. The molecule has 3 heteroatoms. The number of hydrogen-bond donors (Lipinski definition) is 1. The van der Waals surface area contributed by atoms with E-state index in [1.807, 2.05) is 6.07 Å². The zero-order valence-corrected chi connectivity index (χ0v) is 13.1. The third-order valence-corrected chi connectivity index (χ3v) is 4.15. The van der Waals surface area contributed by atoms with Gasteiger partial charge in [-0.3, -0.25) is 4.90 Å². The lowest BCUT2D eigenvalue weighted by Crippen LogP contribution is -2.55. The van der Waals surface area contributed by atoms with Gasteiger partial charge in [-0.2, -0.15) is 0 Å². The van der Waals surface area contributed by atoms with Crippen LogP contribution < -0.4 is 5.32 Å². The van der Waals surface area contributed by atoms with Crippen LogP contribution in [0.4, 0.5) is 4.39 Å². The van der Waals surface area contributed by atoms with Gasteiger partial charge in [0.2, 0.25) is 0 Å². The summed E-state index contributed by atoms with van der Waals surface area (Å²) >= 11 is 0. The van der Waals surface area contributed by atoms with Crippen molar-refractivity contribution in [2.75, 3.05) is 13.1 Å². The number of rotatable bonds is 4. The maximum atomic E-state index is 13.5. The van der Waals surface area contributed by atoms with Crippen LogP contribution in [0.2, 0.25) is 0 Å². The van der Waals surface area contributed by atoms with Gasteiger partial charge in [-0.05, 0) is 49.4 Å². The predicted octanol–water partition coefficient (Wildman–Crippen LogP) is 3.34. The number of aryl methyl sites for hydroxylation is 1. The Kier molecular flexibility index (Phi) is 5.17. The third-order valence-electron chi connectivity index (χ3n) is 4.15. The summed E-state index contributed by atoms with van der Waals surface area (Å²) < 4.78 is 13.5. The molecule has 1 aliphatic rings. The van der Waals surface area contributed by atoms with Gasteiger partial charge in [-0.15, -0.1) is 0 Å². The first-order valence-corrected chi connectivity index (χ1v) is 7.68. The Morgan fingerprint density at radius 1 is 1.40 bits per heavy atom. The molecule has 1 saturated heterocycles. The highest BCUT2D eigenvalue weighted by Gasteiger charge is 2.26. The molecule has 0 aromatic heterocycles. The Morgan fingerprint density at radius 2 is 2.15 bits per heavy atom. The van der Waals surface area contributed by atoms with Crippen LogP contribution in [0.1, 0.15) is 38.3 Å². The van der Waals surface area contributed by atoms with Gasteiger partial charge < -0.3 is 5.32 Å². The average molecular weight is 278 g/mol. The van der Waals surface area contributed by atoms with Crippen molar-refractivity contribution in [3.8, 4) is 0 Å². The summed E-state index contributed by atoms with van der Waals surface area (Å²) in [5, 5.41) is 3.56. The Morgan fingerprint density at radius 3 is 2.85 bits per heavy atom. The van der Waals surface area contributed by atoms with Crippen molar-refractivity contribution >= 4 is 0 Å². The number of piperazine rings is 1. The minimum Gasteiger partial charge on any atom is -0.311 e. The summed E-state index contributed by atoms with van der Waals surface area (Å²) in [7, 11) is 0. The molecule has 1 aliphatic heterocycles. The Hall–Kier alpha value is -0.930. The minimum atomic E-state index is -0.130. The summed E-state index contributed by atoms with van der Waals surface area (Å²) in [4.78, 5) is 2.52. The third kappa shape index (κ3) is 4.03. The van der Waals surface area contributed by atoms with E-state index in [9.17, 15) is 4.39 Å². The van der Waals surface area contributed by atoms with Gasteiger partial charge in [0.15, 0.2) is 0 Å². The van der Waals surface area contributed by atoms with E-state index in [0.29, 0.717) is 18.0 Å². The van der Waals surface area contributed by atoms with Gasteiger partial charge in [-0.25, -0.2) is 4.39 Å². The zero-order chi connectivity index (χ0) is 14.7.